The Bertz CT molecular complexity index is 699. The molecule has 2 aromatic rings. The van der Waals surface area contributed by atoms with Crippen molar-refractivity contribution >= 4 is 75.8 Å². The summed E-state index contributed by atoms with van der Waals surface area (Å²) in [4.78, 5) is 23.5. The maximum atomic E-state index is 11.8. The number of rotatable bonds is 4. The molecular weight excluding hydrogens is 472 g/mol. The lowest BCUT2D eigenvalue weighted by atomic mass is 10.2. The van der Waals surface area contributed by atoms with Gasteiger partial charge in [-0.25, -0.2) is 0 Å². The van der Waals surface area contributed by atoms with E-state index in [1.165, 1.54) is 12.2 Å². The number of benzene rings is 2. The van der Waals surface area contributed by atoms with E-state index in [0.717, 1.165) is 41.7 Å². The van der Waals surface area contributed by atoms with Gasteiger partial charge in [-0.2, -0.15) is 0 Å². The molecule has 0 bridgehead atoms. The van der Waals surface area contributed by atoms with Crippen LogP contribution in [-0.4, -0.2) is 10.2 Å². The summed E-state index contributed by atoms with van der Waals surface area (Å²) >= 11 is 6.71. The maximum Gasteiger partial charge on any atom is 0.223 e. The first-order valence-electron chi connectivity index (χ1n) is 6.83. The van der Waals surface area contributed by atoms with E-state index in [4.69, 9.17) is 0 Å². The van der Waals surface area contributed by atoms with Crippen molar-refractivity contribution in [2.45, 2.75) is 0 Å². The van der Waals surface area contributed by atoms with Gasteiger partial charge in [-0.1, -0.05) is 68.3 Å². The fourth-order valence-corrected chi connectivity index (χ4v) is 3.38. The van der Waals surface area contributed by atoms with Crippen molar-refractivity contribution in [3.05, 3.63) is 80.8 Å². The molecule has 0 aliphatic carbocycles. The third-order valence-corrected chi connectivity index (χ3v) is 5.75. The molecule has 0 amide bonds. The standard InChI is InChI=1S/C18H12Br2O2S2/c19-15-7-1-13(2-8-15)5-11-17(21)23-24-18(22)12-6-14-3-9-16(20)10-4-14/h1-12H/b11-5+,12-6+. The lowest BCUT2D eigenvalue weighted by Gasteiger charge is -1.95. The van der Waals surface area contributed by atoms with Crippen molar-refractivity contribution in [3.63, 3.8) is 0 Å². The van der Waals surface area contributed by atoms with Crippen molar-refractivity contribution in [1.29, 1.82) is 0 Å². The smallest absolute Gasteiger partial charge is 0.223 e. The van der Waals surface area contributed by atoms with E-state index in [1.54, 1.807) is 12.2 Å². The number of hydrogen-bond acceptors (Lipinski definition) is 4. The van der Waals surface area contributed by atoms with Crippen LogP contribution >= 0.6 is 53.4 Å². The molecule has 0 saturated carbocycles. The second-order valence-corrected chi connectivity index (χ2v) is 8.54. The Balaban J connectivity index is 1.79. The van der Waals surface area contributed by atoms with Crippen molar-refractivity contribution in [1.82, 2.24) is 0 Å². The first-order chi connectivity index (χ1) is 11.5. The zero-order valence-corrected chi connectivity index (χ0v) is 17.1. The highest BCUT2D eigenvalue weighted by Gasteiger charge is 2.04. The van der Waals surface area contributed by atoms with Gasteiger partial charge in [-0.05, 0) is 69.1 Å². The number of hydrogen-bond donors (Lipinski definition) is 0. The predicted octanol–water partition coefficient (Wildman–Crippen LogP) is 6.37. The molecular formula is C18H12Br2O2S2. The van der Waals surface area contributed by atoms with Crippen LogP contribution in [0.15, 0.2) is 69.6 Å². The van der Waals surface area contributed by atoms with Gasteiger partial charge >= 0.3 is 0 Å². The van der Waals surface area contributed by atoms with Crippen LogP contribution in [0.3, 0.4) is 0 Å². The monoisotopic (exact) mass is 482 g/mol. The SMILES string of the molecule is O=C(/C=C/c1ccc(Br)cc1)SSC(=O)/C=C/c1ccc(Br)cc1. The van der Waals surface area contributed by atoms with Crippen molar-refractivity contribution in [2.24, 2.45) is 0 Å². The van der Waals surface area contributed by atoms with Crippen LogP contribution in [0.2, 0.25) is 0 Å². The molecule has 0 heterocycles. The molecule has 0 atom stereocenters. The van der Waals surface area contributed by atoms with Crippen molar-refractivity contribution < 1.29 is 9.59 Å². The summed E-state index contributed by atoms with van der Waals surface area (Å²) in [6.45, 7) is 0. The molecule has 0 fully saturated rings. The van der Waals surface area contributed by atoms with Crippen molar-refractivity contribution in [3.8, 4) is 0 Å². The van der Waals surface area contributed by atoms with E-state index in [-0.39, 0.29) is 10.2 Å². The van der Waals surface area contributed by atoms with E-state index in [2.05, 4.69) is 31.9 Å². The van der Waals surface area contributed by atoms with E-state index in [9.17, 15) is 9.59 Å². The summed E-state index contributed by atoms with van der Waals surface area (Å²) in [6.07, 6.45) is 6.38. The van der Waals surface area contributed by atoms with Gasteiger partial charge in [-0.3, -0.25) is 9.59 Å². The first-order valence-corrected chi connectivity index (χ1v) is 10.6. The van der Waals surface area contributed by atoms with Crippen LogP contribution in [0.1, 0.15) is 11.1 Å². The minimum absolute atomic E-state index is 0.173. The van der Waals surface area contributed by atoms with Gasteiger partial charge in [0.15, 0.2) is 0 Å². The fraction of sp³-hybridized carbons (Fsp3) is 0. The average Bonchev–Trinajstić information content (AvgIpc) is 2.59. The summed E-state index contributed by atoms with van der Waals surface area (Å²) < 4.78 is 1.97. The second-order valence-electron chi connectivity index (χ2n) is 4.57. The molecule has 2 nitrogen and oxygen atoms in total. The molecule has 24 heavy (non-hydrogen) atoms. The molecule has 0 aromatic heterocycles. The number of halogens is 2. The Kier molecular flexibility index (Phi) is 8.05. The van der Waals surface area contributed by atoms with Gasteiger partial charge in [0.05, 0.1) is 0 Å². The lowest BCUT2D eigenvalue weighted by Crippen LogP contribution is -1.86. The topological polar surface area (TPSA) is 34.1 Å². The van der Waals surface area contributed by atoms with Gasteiger partial charge < -0.3 is 0 Å². The van der Waals surface area contributed by atoms with Crippen LogP contribution in [0.4, 0.5) is 0 Å². The third-order valence-electron chi connectivity index (χ3n) is 2.77. The summed E-state index contributed by atoms with van der Waals surface area (Å²) in [5, 5.41) is -0.346. The largest absolute Gasteiger partial charge is 0.281 e. The summed E-state index contributed by atoms with van der Waals surface area (Å²) in [5.41, 5.74) is 1.86. The Labute approximate surface area is 165 Å². The minimum atomic E-state index is -0.173. The highest BCUT2D eigenvalue weighted by Crippen LogP contribution is 2.25. The van der Waals surface area contributed by atoms with Crippen LogP contribution in [-0.2, 0) is 9.59 Å². The van der Waals surface area contributed by atoms with Crippen LogP contribution in [0, 0.1) is 0 Å². The fourth-order valence-electron chi connectivity index (χ4n) is 1.61. The number of carbonyl (C=O) groups excluding carboxylic acids is 2. The molecule has 0 aliphatic rings. The van der Waals surface area contributed by atoms with Crippen LogP contribution in [0.5, 0.6) is 0 Å². The Hall–Kier alpha value is -1.08. The Morgan fingerprint density at radius 2 is 1.00 bits per heavy atom. The molecule has 6 heteroatoms. The zero-order valence-electron chi connectivity index (χ0n) is 12.3. The molecule has 122 valence electrons. The lowest BCUT2D eigenvalue weighted by molar-refractivity contribution is -0.108. The van der Waals surface area contributed by atoms with E-state index in [0.29, 0.717) is 0 Å². The van der Waals surface area contributed by atoms with Gasteiger partial charge in [0.25, 0.3) is 0 Å². The molecule has 0 radical (unpaired) electrons. The minimum Gasteiger partial charge on any atom is -0.281 e. The predicted molar refractivity (Wildman–Crippen MR) is 112 cm³/mol. The second kappa shape index (κ2) is 10.0. The summed E-state index contributed by atoms with van der Waals surface area (Å²) in [7, 11) is 1.84. The average molecular weight is 484 g/mol. The quantitative estimate of drug-likeness (QED) is 0.373. The molecule has 0 N–H and O–H groups in total. The van der Waals surface area contributed by atoms with E-state index >= 15 is 0 Å². The van der Waals surface area contributed by atoms with Crippen molar-refractivity contribution in [2.75, 3.05) is 0 Å². The van der Waals surface area contributed by atoms with E-state index < -0.39 is 0 Å². The molecule has 0 spiro atoms. The van der Waals surface area contributed by atoms with Crippen LogP contribution in [0.25, 0.3) is 12.2 Å². The third kappa shape index (κ3) is 7.21. The van der Waals surface area contributed by atoms with Gasteiger partial charge in [0, 0.05) is 8.95 Å². The molecule has 2 rings (SSSR count). The molecule has 0 saturated heterocycles. The normalized spacial score (nSPS) is 11.2. The Morgan fingerprint density at radius 1 is 0.667 bits per heavy atom. The molecule has 0 aliphatic heterocycles. The first kappa shape index (κ1) is 19.2. The highest BCUT2D eigenvalue weighted by molar-refractivity contribution is 9.10. The summed E-state index contributed by atoms with van der Waals surface area (Å²) in [6, 6.07) is 15.2. The van der Waals surface area contributed by atoms with Gasteiger partial charge in [0.1, 0.15) is 0 Å². The molecule has 2 aromatic carbocycles. The Morgan fingerprint density at radius 3 is 1.33 bits per heavy atom. The van der Waals surface area contributed by atoms with E-state index in [1.807, 2.05) is 48.5 Å². The summed E-state index contributed by atoms with van der Waals surface area (Å²) in [5.74, 6) is 0. The zero-order chi connectivity index (χ0) is 17.4. The van der Waals surface area contributed by atoms with Gasteiger partial charge in [-0.15, -0.1) is 0 Å². The molecule has 0 unspecified atom stereocenters. The van der Waals surface area contributed by atoms with Crippen LogP contribution < -0.4 is 0 Å². The van der Waals surface area contributed by atoms with Gasteiger partial charge in [0.2, 0.25) is 10.2 Å². The number of carbonyl (C=O) groups is 2. The maximum absolute atomic E-state index is 11.8. The highest BCUT2D eigenvalue weighted by atomic mass is 79.9.